The third kappa shape index (κ3) is 5.28. The quantitative estimate of drug-likeness (QED) is 0.788. The highest BCUT2D eigenvalue weighted by molar-refractivity contribution is 6.01. The number of nitrogens with zero attached hydrogens (tertiary/aromatic N) is 2. The van der Waals surface area contributed by atoms with E-state index in [0.29, 0.717) is 31.8 Å². The predicted octanol–water partition coefficient (Wildman–Crippen LogP) is 3.04. The molecule has 0 spiro atoms. The molecule has 0 radical (unpaired) electrons. The van der Waals surface area contributed by atoms with E-state index in [2.05, 4.69) is 17.4 Å². The summed E-state index contributed by atoms with van der Waals surface area (Å²) in [7, 11) is 1.88. The molecule has 3 rings (SSSR count). The van der Waals surface area contributed by atoms with Gasteiger partial charge in [0, 0.05) is 32.2 Å². The Balaban J connectivity index is 1.56. The van der Waals surface area contributed by atoms with Gasteiger partial charge in [0.25, 0.3) is 0 Å². The molecule has 1 aromatic carbocycles. The molecule has 3 amide bonds. The van der Waals surface area contributed by atoms with Crippen molar-refractivity contribution in [3.63, 3.8) is 0 Å². The number of anilines is 1. The van der Waals surface area contributed by atoms with Crippen molar-refractivity contribution in [1.29, 1.82) is 0 Å². The summed E-state index contributed by atoms with van der Waals surface area (Å²) < 4.78 is 5.46. The molecule has 0 aromatic heterocycles. The van der Waals surface area contributed by atoms with Gasteiger partial charge in [-0.2, -0.15) is 0 Å². The maximum Gasteiger partial charge on any atom is 0.410 e. The van der Waals surface area contributed by atoms with Crippen LogP contribution in [0.15, 0.2) is 24.3 Å². The molecule has 2 aliphatic heterocycles. The smallest absolute Gasteiger partial charge is 0.410 e. The number of likely N-dealkylation sites (N-methyl/N-ethyl adjacent to an activating group) is 1. The Bertz CT molecular complexity index is 761. The minimum Gasteiger partial charge on any atom is -0.444 e. The molecule has 2 heterocycles. The zero-order valence-corrected chi connectivity index (χ0v) is 17.7. The molecule has 2 fully saturated rings. The summed E-state index contributed by atoms with van der Waals surface area (Å²) >= 11 is 0. The van der Waals surface area contributed by atoms with Gasteiger partial charge in [-0.3, -0.25) is 14.9 Å². The molecule has 1 aromatic rings. The van der Waals surface area contributed by atoms with Crippen LogP contribution < -0.4 is 10.2 Å². The van der Waals surface area contributed by atoms with Gasteiger partial charge in [0.1, 0.15) is 11.6 Å². The van der Waals surface area contributed by atoms with Crippen molar-refractivity contribution in [1.82, 2.24) is 10.2 Å². The van der Waals surface area contributed by atoms with E-state index in [-0.39, 0.29) is 23.9 Å². The zero-order chi connectivity index (χ0) is 21.2. The van der Waals surface area contributed by atoms with Crippen molar-refractivity contribution in [2.45, 2.75) is 64.0 Å². The van der Waals surface area contributed by atoms with E-state index in [4.69, 9.17) is 4.74 Å². The van der Waals surface area contributed by atoms with Crippen LogP contribution in [0.2, 0.25) is 0 Å². The SMILES string of the molecule is CN(c1ccc(C2CCN(C(=O)OC(C)(C)C)CC2)cc1)C1CCC(=O)NC1=O. The Morgan fingerprint density at radius 2 is 1.72 bits per heavy atom. The third-order valence-corrected chi connectivity index (χ3v) is 5.60. The topological polar surface area (TPSA) is 79.0 Å². The molecule has 1 unspecified atom stereocenters. The molecule has 1 N–H and O–H groups in total. The number of carbonyl (C=O) groups is 3. The standard InChI is InChI=1S/C22H31N3O4/c1-22(2,3)29-21(28)25-13-11-16(12-14-25)15-5-7-17(8-6-15)24(4)18-9-10-19(26)23-20(18)27/h5-8,16,18H,9-14H2,1-4H3,(H,23,26,27). The van der Waals surface area contributed by atoms with Gasteiger partial charge in [0.05, 0.1) is 0 Å². The fourth-order valence-corrected chi connectivity index (χ4v) is 3.94. The molecule has 158 valence electrons. The van der Waals surface area contributed by atoms with Crippen LogP contribution in [0, 0.1) is 0 Å². The van der Waals surface area contributed by atoms with Gasteiger partial charge in [-0.25, -0.2) is 4.79 Å². The van der Waals surface area contributed by atoms with Crippen molar-refractivity contribution in [3.8, 4) is 0 Å². The first-order valence-corrected chi connectivity index (χ1v) is 10.3. The van der Waals surface area contributed by atoms with Crippen LogP contribution in [-0.2, 0) is 14.3 Å². The average Bonchev–Trinajstić information content (AvgIpc) is 2.66. The number of benzene rings is 1. The molecule has 2 saturated heterocycles. The second kappa shape index (κ2) is 8.43. The molecule has 0 bridgehead atoms. The van der Waals surface area contributed by atoms with Gasteiger partial charge in [0.15, 0.2) is 0 Å². The molecular weight excluding hydrogens is 370 g/mol. The van der Waals surface area contributed by atoms with Crippen molar-refractivity contribution in [2.24, 2.45) is 0 Å². The minimum atomic E-state index is -0.474. The van der Waals surface area contributed by atoms with Crippen LogP contribution >= 0.6 is 0 Å². The number of piperidine rings is 2. The summed E-state index contributed by atoms with van der Waals surface area (Å²) in [4.78, 5) is 39.4. The number of amides is 3. The first-order chi connectivity index (χ1) is 13.6. The lowest BCUT2D eigenvalue weighted by atomic mass is 9.89. The van der Waals surface area contributed by atoms with E-state index in [0.717, 1.165) is 18.5 Å². The Hall–Kier alpha value is -2.57. The van der Waals surface area contributed by atoms with E-state index in [1.165, 1.54) is 5.56 Å². The zero-order valence-electron chi connectivity index (χ0n) is 17.7. The highest BCUT2D eigenvalue weighted by Gasteiger charge is 2.30. The minimum absolute atomic E-state index is 0.201. The van der Waals surface area contributed by atoms with E-state index >= 15 is 0 Å². The summed E-state index contributed by atoms with van der Waals surface area (Å²) in [5, 5.41) is 2.41. The molecule has 0 saturated carbocycles. The van der Waals surface area contributed by atoms with Crippen LogP contribution in [0.4, 0.5) is 10.5 Å². The second-order valence-electron chi connectivity index (χ2n) is 8.91. The maximum absolute atomic E-state index is 12.2. The number of ether oxygens (including phenoxy) is 1. The summed E-state index contributed by atoms with van der Waals surface area (Å²) in [6.07, 6.45) is 2.47. The Kier molecular flexibility index (Phi) is 6.15. The fourth-order valence-electron chi connectivity index (χ4n) is 3.94. The van der Waals surface area contributed by atoms with Gasteiger partial charge in [-0.05, 0) is 63.6 Å². The molecule has 29 heavy (non-hydrogen) atoms. The van der Waals surface area contributed by atoms with Crippen LogP contribution in [-0.4, -0.2) is 54.6 Å². The molecule has 0 aliphatic carbocycles. The van der Waals surface area contributed by atoms with Crippen molar-refractivity contribution < 1.29 is 19.1 Å². The van der Waals surface area contributed by atoms with E-state index in [9.17, 15) is 14.4 Å². The summed E-state index contributed by atoms with van der Waals surface area (Å²) in [6.45, 7) is 7.02. The Morgan fingerprint density at radius 1 is 1.10 bits per heavy atom. The number of hydrogen-bond donors (Lipinski definition) is 1. The second-order valence-corrected chi connectivity index (χ2v) is 8.91. The Labute approximate surface area is 172 Å². The van der Waals surface area contributed by atoms with Crippen molar-refractivity contribution in [2.75, 3.05) is 25.0 Å². The van der Waals surface area contributed by atoms with E-state index in [1.807, 2.05) is 44.9 Å². The first-order valence-electron chi connectivity index (χ1n) is 10.3. The molecule has 7 nitrogen and oxygen atoms in total. The van der Waals surface area contributed by atoms with Gasteiger partial charge in [-0.15, -0.1) is 0 Å². The normalized spacial score (nSPS) is 21.0. The van der Waals surface area contributed by atoms with E-state index < -0.39 is 5.60 Å². The molecule has 2 aliphatic rings. The van der Waals surface area contributed by atoms with Gasteiger partial charge < -0.3 is 14.5 Å². The summed E-state index contributed by atoms with van der Waals surface area (Å²) in [5.41, 5.74) is 1.72. The first kappa shape index (κ1) is 21.1. The van der Waals surface area contributed by atoms with Crippen LogP contribution in [0.25, 0.3) is 0 Å². The van der Waals surface area contributed by atoms with Gasteiger partial charge >= 0.3 is 6.09 Å². The summed E-state index contributed by atoms with van der Waals surface area (Å²) in [5.74, 6) is -0.0290. The predicted molar refractivity (Wildman–Crippen MR) is 111 cm³/mol. The number of nitrogens with one attached hydrogen (secondary N) is 1. The number of carbonyl (C=O) groups excluding carboxylic acids is 3. The summed E-state index contributed by atoms with van der Waals surface area (Å²) in [6, 6.07) is 7.94. The lowest BCUT2D eigenvalue weighted by Crippen LogP contribution is -2.51. The number of likely N-dealkylation sites (tertiary alicyclic amines) is 1. The average molecular weight is 402 g/mol. The number of imide groups is 1. The largest absolute Gasteiger partial charge is 0.444 e. The van der Waals surface area contributed by atoms with Crippen molar-refractivity contribution in [3.05, 3.63) is 29.8 Å². The van der Waals surface area contributed by atoms with Gasteiger partial charge in [0.2, 0.25) is 11.8 Å². The monoisotopic (exact) mass is 401 g/mol. The van der Waals surface area contributed by atoms with Gasteiger partial charge in [-0.1, -0.05) is 12.1 Å². The fraction of sp³-hybridized carbons (Fsp3) is 0.591. The lowest BCUT2D eigenvalue weighted by molar-refractivity contribution is -0.134. The van der Waals surface area contributed by atoms with Crippen LogP contribution in [0.3, 0.4) is 0 Å². The highest BCUT2D eigenvalue weighted by Crippen LogP contribution is 2.30. The molecule has 1 atom stereocenters. The molecular formula is C22H31N3O4. The van der Waals surface area contributed by atoms with Crippen molar-refractivity contribution >= 4 is 23.6 Å². The molecule has 7 heteroatoms. The maximum atomic E-state index is 12.2. The van der Waals surface area contributed by atoms with Crippen LogP contribution in [0.1, 0.15) is 57.9 Å². The van der Waals surface area contributed by atoms with Crippen LogP contribution in [0.5, 0.6) is 0 Å². The number of hydrogen-bond acceptors (Lipinski definition) is 5. The highest BCUT2D eigenvalue weighted by atomic mass is 16.6. The number of rotatable bonds is 3. The van der Waals surface area contributed by atoms with E-state index in [1.54, 1.807) is 4.90 Å². The third-order valence-electron chi connectivity index (χ3n) is 5.60. The lowest BCUT2D eigenvalue weighted by Gasteiger charge is -2.34. The Morgan fingerprint density at radius 3 is 2.28 bits per heavy atom.